The van der Waals surface area contributed by atoms with E-state index >= 15 is 0 Å². The number of benzene rings is 2. The molecule has 0 aliphatic heterocycles. The van der Waals surface area contributed by atoms with Crippen molar-refractivity contribution in [3.8, 4) is 11.4 Å². The van der Waals surface area contributed by atoms with E-state index in [1.54, 1.807) is 0 Å². The van der Waals surface area contributed by atoms with Gasteiger partial charge in [-0.2, -0.15) is 26.3 Å². The van der Waals surface area contributed by atoms with E-state index in [2.05, 4.69) is 10.4 Å². The van der Waals surface area contributed by atoms with E-state index in [0.29, 0.717) is 15.8 Å². The molecule has 2 aromatic carbocycles. The van der Waals surface area contributed by atoms with E-state index in [-0.39, 0.29) is 17.0 Å². The minimum absolute atomic E-state index is 0.181. The summed E-state index contributed by atoms with van der Waals surface area (Å²) in [5.74, 6) is -2.44. The summed E-state index contributed by atoms with van der Waals surface area (Å²) < 4.78 is 79.4. The quantitative estimate of drug-likeness (QED) is 0.405. The topological polar surface area (TPSA) is 112 Å². The highest BCUT2D eigenvalue weighted by atomic mass is 35.5. The molecule has 2 amide bonds. The van der Waals surface area contributed by atoms with E-state index in [9.17, 15) is 40.7 Å². The van der Waals surface area contributed by atoms with Crippen LogP contribution in [-0.2, 0) is 34.4 Å². The number of alkyl halides is 6. The number of nitrogens with two attached hydrogens (primary N) is 1. The number of nitrogens with zero attached hydrogens (tertiary/aromatic N) is 3. The van der Waals surface area contributed by atoms with Gasteiger partial charge in [-0.05, 0) is 48.9 Å². The first-order valence-electron chi connectivity index (χ1n) is 10.8. The number of primary amides is 1. The van der Waals surface area contributed by atoms with Gasteiger partial charge in [-0.25, -0.2) is 9.48 Å². The van der Waals surface area contributed by atoms with E-state index in [4.69, 9.17) is 17.3 Å². The SMILES string of the molecule is C[C@](NC(=O)Cn1nc(-c2ccc(Cl)cc2)n(CCC(F)(F)F)c1=O)(C(N)=O)c1cccc(C(F)(F)F)c1. The van der Waals surface area contributed by atoms with Crippen LogP contribution in [-0.4, -0.2) is 32.3 Å². The molecule has 1 atom stereocenters. The zero-order valence-corrected chi connectivity index (χ0v) is 20.3. The predicted molar refractivity (Wildman–Crippen MR) is 124 cm³/mol. The van der Waals surface area contributed by atoms with Crippen molar-refractivity contribution in [2.24, 2.45) is 5.73 Å². The number of nitrogens with one attached hydrogen (secondary N) is 1. The Morgan fingerprint density at radius 3 is 2.18 bits per heavy atom. The van der Waals surface area contributed by atoms with Crippen LogP contribution in [0.4, 0.5) is 26.3 Å². The van der Waals surface area contributed by atoms with Crippen molar-refractivity contribution >= 4 is 23.4 Å². The van der Waals surface area contributed by atoms with Gasteiger partial charge in [0.25, 0.3) is 0 Å². The average Bonchev–Trinajstić information content (AvgIpc) is 3.11. The van der Waals surface area contributed by atoms with Gasteiger partial charge in [-0.3, -0.25) is 14.2 Å². The van der Waals surface area contributed by atoms with E-state index < -0.39 is 60.5 Å². The van der Waals surface area contributed by atoms with E-state index in [1.165, 1.54) is 24.3 Å². The number of rotatable bonds is 8. The summed E-state index contributed by atoms with van der Waals surface area (Å²) >= 11 is 5.84. The third kappa shape index (κ3) is 6.54. The Hall–Kier alpha value is -3.81. The normalized spacial score (nSPS) is 13.7. The van der Waals surface area contributed by atoms with Gasteiger partial charge in [-0.1, -0.05) is 23.7 Å². The summed E-state index contributed by atoms with van der Waals surface area (Å²) in [6.45, 7) is -0.599. The summed E-state index contributed by atoms with van der Waals surface area (Å²) in [5, 5.41) is 6.50. The molecule has 0 spiro atoms. The molecule has 0 radical (unpaired) electrons. The Labute approximate surface area is 216 Å². The summed E-state index contributed by atoms with van der Waals surface area (Å²) in [6.07, 6.45) is -10.7. The first kappa shape index (κ1) is 28.8. The molecule has 0 fully saturated rings. The largest absolute Gasteiger partial charge is 0.416 e. The molecule has 0 aliphatic carbocycles. The maximum atomic E-state index is 13.2. The van der Waals surface area contributed by atoms with Crippen LogP contribution >= 0.6 is 11.6 Å². The van der Waals surface area contributed by atoms with Crippen molar-refractivity contribution in [1.29, 1.82) is 0 Å². The molecule has 38 heavy (non-hydrogen) atoms. The van der Waals surface area contributed by atoms with Crippen molar-refractivity contribution in [2.75, 3.05) is 0 Å². The second-order valence-electron chi connectivity index (χ2n) is 8.40. The van der Waals surface area contributed by atoms with Crippen LogP contribution in [0.15, 0.2) is 53.3 Å². The van der Waals surface area contributed by atoms with Gasteiger partial charge < -0.3 is 11.1 Å². The van der Waals surface area contributed by atoms with E-state index in [1.807, 2.05) is 0 Å². The van der Waals surface area contributed by atoms with Gasteiger partial charge in [0.2, 0.25) is 11.8 Å². The molecule has 1 heterocycles. The second-order valence-corrected chi connectivity index (χ2v) is 8.84. The highest BCUT2D eigenvalue weighted by Gasteiger charge is 2.38. The molecule has 0 bridgehead atoms. The fourth-order valence-electron chi connectivity index (χ4n) is 3.53. The van der Waals surface area contributed by atoms with Crippen LogP contribution in [0.25, 0.3) is 11.4 Å². The zero-order chi connectivity index (χ0) is 28.5. The van der Waals surface area contributed by atoms with Crippen LogP contribution in [0, 0.1) is 0 Å². The second kappa shape index (κ2) is 10.5. The molecule has 0 aliphatic rings. The molecule has 0 saturated heterocycles. The highest BCUT2D eigenvalue weighted by molar-refractivity contribution is 6.30. The number of carbonyl (C=O) groups excluding carboxylic acids is 2. The van der Waals surface area contributed by atoms with Crippen molar-refractivity contribution in [3.05, 3.63) is 75.2 Å². The molecule has 204 valence electrons. The molecule has 8 nitrogen and oxygen atoms in total. The van der Waals surface area contributed by atoms with Crippen molar-refractivity contribution in [2.45, 2.75) is 44.3 Å². The van der Waals surface area contributed by atoms with Crippen LogP contribution in [0.5, 0.6) is 0 Å². The lowest BCUT2D eigenvalue weighted by Crippen LogP contribution is -2.54. The smallest absolute Gasteiger partial charge is 0.367 e. The number of aromatic nitrogens is 3. The molecule has 3 aromatic rings. The van der Waals surface area contributed by atoms with Crippen molar-refractivity contribution in [3.63, 3.8) is 0 Å². The summed E-state index contributed by atoms with van der Waals surface area (Å²) in [4.78, 5) is 37.9. The molecule has 1 aromatic heterocycles. The highest BCUT2D eigenvalue weighted by Crippen LogP contribution is 2.32. The Balaban J connectivity index is 1.95. The van der Waals surface area contributed by atoms with Crippen LogP contribution in [0.3, 0.4) is 0 Å². The number of halogens is 7. The number of carbonyl (C=O) groups is 2. The van der Waals surface area contributed by atoms with Gasteiger partial charge in [0.1, 0.15) is 12.1 Å². The summed E-state index contributed by atoms with van der Waals surface area (Å²) in [5.41, 5.74) is 1.07. The molecule has 3 rings (SSSR count). The number of amides is 2. The van der Waals surface area contributed by atoms with Gasteiger partial charge in [0.05, 0.1) is 12.0 Å². The third-order valence-electron chi connectivity index (χ3n) is 5.59. The van der Waals surface area contributed by atoms with Gasteiger partial charge in [0, 0.05) is 17.1 Å². The molecular weight excluding hydrogens is 544 g/mol. The van der Waals surface area contributed by atoms with E-state index in [0.717, 1.165) is 29.7 Å². The van der Waals surface area contributed by atoms with Gasteiger partial charge in [-0.15, -0.1) is 5.10 Å². The Bertz CT molecular complexity index is 1400. The lowest BCUT2D eigenvalue weighted by atomic mass is 9.89. The molecule has 0 saturated carbocycles. The fraction of sp³-hybridized carbons (Fsp3) is 0.304. The minimum Gasteiger partial charge on any atom is -0.367 e. The van der Waals surface area contributed by atoms with Crippen molar-refractivity contribution in [1.82, 2.24) is 19.7 Å². The monoisotopic (exact) mass is 563 g/mol. The van der Waals surface area contributed by atoms with Gasteiger partial charge >= 0.3 is 18.0 Å². The fourth-order valence-corrected chi connectivity index (χ4v) is 3.66. The minimum atomic E-state index is -4.74. The van der Waals surface area contributed by atoms with Gasteiger partial charge in [0.15, 0.2) is 5.82 Å². The Morgan fingerprint density at radius 2 is 1.63 bits per heavy atom. The summed E-state index contributed by atoms with van der Waals surface area (Å²) in [6, 6.07) is 9.25. The molecule has 15 heteroatoms. The van der Waals surface area contributed by atoms with Crippen LogP contribution in [0.1, 0.15) is 24.5 Å². The molecule has 3 N–H and O–H groups in total. The predicted octanol–water partition coefficient (Wildman–Crippen LogP) is 3.85. The Kier molecular flexibility index (Phi) is 7.96. The lowest BCUT2D eigenvalue weighted by Gasteiger charge is -2.28. The number of hydrogen-bond donors (Lipinski definition) is 2. The Morgan fingerprint density at radius 1 is 1.03 bits per heavy atom. The van der Waals surface area contributed by atoms with Crippen LogP contribution in [0.2, 0.25) is 5.02 Å². The number of hydrogen-bond acceptors (Lipinski definition) is 4. The summed E-state index contributed by atoms with van der Waals surface area (Å²) in [7, 11) is 0. The molecular formula is C23H20ClF6N5O3. The van der Waals surface area contributed by atoms with Crippen molar-refractivity contribution < 1.29 is 35.9 Å². The lowest BCUT2D eigenvalue weighted by molar-refractivity contribution is -0.138. The average molecular weight is 564 g/mol. The standard InChI is InChI=1S/C23H20ClF6N5O3/c1-21(19(31)37,14-3-2-4-15(11-14)23(28,29)30)32-17(36)12-35-20(38)34(10-9-22(25,26)27)18(33-35)13-5-7-16(24)8-6-13/h2-8,11H,9-10,12H2,1H3,(H2,31,37)(H,32,36)/t21-/m1/s1. The first-order chi connectivity index (χ1) is 17.5. The zero-order valence-electron chi connectivity index (χ0n) is 19.5. The molecule has 0 unspecified atom stereocenters. The van der Waals surface area contributed by atoms with Crippen LogP contribution < -0.4 is 16.7 Å². The first-order valence-corrected chi connectivity index (χ1v) is 11.2. The maximum absolute atomic E-state index is 13.2. The maximum Gasteiger partial charge on any atom is 0.416 e. The third-order valence-corrected chi connectivity index (χ3v) is 5.84.